The number of hydrogen-bond donors (Lipinski definition) is 1. The average molecular weight is 346 g/mol. The van der Waals surface area contributed by atoms with E-state index in [0.29, 0.717) is 32.0 Å². The number of piperidine rings is 1. The van der Waals surface area contributed by atoms with Crippen molar-refractivity contribution in [2.75, 3.05) is 6.54 Å². The molecule has 25 heavy (non-hydrogen) atoms. The summed E-state index contributed by atoms with van der Waals surface area (Å²) >= 11 is 0. The predicted molar refractivity (Wildman–Crippen MR) is 95.7 cm³/mol. The number of nitrogens with one attached hydrogen (secondary N) is 1. The highest BCUT2D eigenvalue weighted by Crippen LogP contribution is 2.27. The Morgan fingerprint density at radius 2 is 1.96 bits per heavy atom. The molecule has 0 spiro atoms. The van der Waals surface area contributed by atoms with Crippen molar-refractivity contribution in [1.29, 1.82) is 0 Å². The van der Waals surface area contributed by atoms with Gasteiger partial charge in [-0.2, -0.15) is 5.10 Å². The second-order valence-electron chi connectivity index (χ2n) is 7.52. The molecule has 2 aliphatic rings. The molecule has 0 radical (unpaired) electrons. The van der Waals surface area contributed by atoms with Gasteiger partial charge in [-0.05, 0) is 26.2 Å². The molecule has 138 valence electrons. The van der Waals surface area contributed by atoms with E-state index in [9.17, 15) is 9.59 Å². The number of aromatic nitrogens is 2. The minimum absolute atomic E-state index is 0.0642. The lowest BCUT2D eigenvalue weighted by Crippen LogP contribution is -2.49. The van der Waals surface area contributed by atoms with Crippen LogP contribution in [0.1, 0.15) is 62.6 Å². The molecular formula is C19H30N4O2. The third kappa shape index (κ3) is 4.22. The predicted octanol–water partition coefficient (Wildman–Crippen LogP) is 2.31. The SMILES string of the molecule is Cc1c(CNC(=O)C2CCC(=O)N(C3CCCCCC3)C2)cnn1C. The van der Waals surface area contributed by atoms with Gasteiger partial charge in [0.1, 0.15) is 0 Å². The van der Waals surface area contributed by atoms with Crippen molar-refractivity contribution in [3.63, 3.8) is 0 Å². The highest BCUT2D eigenvalue weighted by Gasteiger charge is 2.34. The topological polar surface area (TPSA) is 67.2 Å². The van der Waals surface area contributed by atoms with Crippen LogP contribution in [0.3, 0.4) is 0 Å². The first kappa shape index (κ1) is 18.0. The summed E-state index contributed by atoms with van der Waals surface area (Å²) in [7, 11) is 1.90. The lowest BCUT2D eigenvalue weighted by molar-refractivity contribution is -0.141. The molecule has 2 amide bonds. The number of carbonyl (C=O) groups excluding carboxylic acids is 2. The largest absolute Gasteiger partial charge is 0.352 e. The first-order chi connectivity index (χ1) is 12.1. The molecule has 0 bridgehead atoms. The second kappa shape index (κ2) is 8.02. The molecular weight excluding hydrogens is 316 g/mol. The van der Waals surface area contributed by atoms with E-state index in [1.54, 1.807) is 6.20 Å². The highest BCUT2D eigenvalue weighted by atomic mass is 16.2. The first-order valence-electron chi connectivity index (χ1n) is 9.61. The van der Waals surface area contributed by atoms with E-state index in [1.807, 2.05) is 23.6 Å². The van der Waals surface area contributed by atoms with Crippen molar-refractivity contribution < 1.29 is 9.59 Å². The van der Waals surface area contributed by atoms with Crippen molar-refractivity contribution in [1.82, 2.24) is 20.0 Å². The fourth-order valence-electron chi connectivity index (χ4n) is 4.05. The van der Waals surface area contributed by atoms with Gasteiger partial charge in [0.25, 0.3) is 0 Å². The number of hydrogen-bond acceptors (Lipinski definition) is 3. The van der Waals surface area contributed by atoms with Crippen LogP contribution in [0.5, 0.6) is 0 Å². The summed E-state index contributed by atoms with van der Waals surface area (Å²) in [5.74, 6) is 0.214. The van der Waals surface area contributed by atoms with E-state index >= 15 is 0 Å². The molecule has 1 aromatic rings. The zero-order valence-corrected chi connectivity index (χ0v) is 15.5. The smallest absolute Gasteiger partial charge is 0.225 e. The Bertz CT molecular complexity index is 617. The fraction of sp³-hybridized carbons (Fsp3) is 0.737. The molecule has 3 rings (SSSR count). The standard InChI is InChI=1S/C19H30N4O2/c1-14-16(12-21-22(14)2)11-20-19(25)15-9-10-18(24)23(13-15)17-7-5-3-4-6-8-17/h12,15,17H,3-11,13H2,1-2H3,(H,20,25). The van der Waals surface area contributed by atoms with Gasteiger partial charge in [-0.1, -0.05) is 25.7 Å². The van der Waals surface area contributed by atoms with Crippen LogP contribution in [-0.4, -0.2) is 39.1 Å². The molecule has 2 fully saturated rings. The summed E-state index contributed by atoms with van der Waals surface area (Å²) in [6, 6.07) is 0.339. The highest BCUT2D eigenvalue weighted by molar-refractivity contribution is 5.84. The van der Waals surface area contributed by atoms with Gasteiger partial charge >= 0.3 is 0 Å². The summed E-state index contributed by atoms with van der Waals surface area (Å²) in [6.45, 7) is 3.09. The van der Waals surface area contributed by atoms with E-state index < -0.39 is 0 Å². The first-order valence-corrected chi connectivity index (χ1v) is 9.61. The number of likely N-dealkylation sites (tertiary alicyclic amines) is 1. The van der Waals surface area contributed by atoms with Crippen molar-refractivity contribution in [2.45, 2.75) is 70.9 Å². The Morgan fingerprint density at radius 1 is 1.24 bits per heavy atom. The van der Waals surface area contributed by atoms with E-state index in [1.165, 1.54) is 25.7 Å². The molecule has 6 nitrogen and oxygen atoms in total. The van der Waals surface area contributed by atoms with Crippen LogP contribution in [0.2, 0.25) is 0 Å². The van der Waals surface area contributed by atoms with Crippen molar-refractivity contribution in [3.05, 3.63) is 17.5 Å². The van der Waals surface area contributed by atoms with Crippen molar-refractivity contribution >= 4 is 11.8 Å². The molecule has 1 unspecified atom stereocenters. The van der Waals surface area contributed by atoms with Crippen LogP contribution in [0.25, 0.3) is 0 Å². The molecule has 1 saturated carbocycles. The summed E-state index contributed by atoms with van der Waals surface area (Å²) < 4.78 is 1.81. The Hall–Kier alpha value is -1.85. The summed E-state index contributed by atoms with van der Waals surface area (Å²) in [5, 5.41) is 7.25. The third-order valence-corrected chi connectivity index (χ3v) is 5.87. The lowest BCUT2D eigenvalue weighted by Gasteiger charge is -2.37. The Labute approximate surface area is 149 Å². The normalized spacial score (nSPS) is 22.7. The molecule has 1 atom stereocenters. The van der Waals surface area contributed by atoms with Crippen molar-refractivity contribution in [3.8, 4) is 0 Å². The lowest BCUT2D eigenvalue weighted by atomic mass is 9.93. The summed E-state index contributed by atoms with van der Waals surface area (Å²) in [5.41, 5.74) is 2.11. The Morgan fingerprint density at radius 3 is 2.60 bits per heavy atom. The number of carbonyl (C=O) groups is 2. The minimum atomic E-state index is -0.0852. The number of rotatable bonds is 4. The molecule has 6 heteroatoms. The van der Waals surface area contributed by atoms with Gasteiger partial charge in [-0.3, -0.25) is 14.3 Å². The van der Waals surface area contributed by atoms with Gasteiger partial charge in [0.05, 0.1) is 12.1 Å². The van der Waals surface area contributed by atoms with Crippen LogP contribution >= 0.6 is 0 Å². The zero-order chi connectivity index (χ0) is 17.8. The van der Waals surface area contributed by atoms with Crippen molar-refractivity contribution in [2.24, 2.45) is 13.0 Å². The Kier molecular flexibility index (Phi) is 5.76. The van der Waals surface area contributed by atoms with Gasteiger partial charge in [-0.25, -0.2) is 0 Å². The van der Waals surface area contributed by atoms with Gasteiger partial charge in [0.2, 0.25) is 11.8 Å². The fourth-order valence-corrected chi connectivity index (χ4v) is 4.05. The average Bonchev–Trinajstić information content (AvgIpc) is 2.82. The van der Waals surface area contributed by atoms with E-state index in [4.69, 9.17) is 0 Å². The van der Waals surface area contributed by atoms with Gasteiger partial charge < -0.3 is 10.2 Å². The molecule has 1 aromatic heterocycles. The second-order valence-corrected chi connectivity index (χ2v) is 7.52. The van der Waals surface area contributed by atoms with Crippen LogP contribution in [-0.2, 0) is 23.2 Å². The summed E-state index contributed by atoms with van der Waals surface area (Å²) in [6.07, 6.45) is 10.1. The minimum Gasteiger partial charge on any atom is -0.352 e. The molecule has 0 aromatic carbocycles. The number of amides is 2. The number of aryl methyl sites for hydroxylation is 1. The maximum Gasteiger partial charge on any atom is 0.225 e. The molecule has 1 saturated heterocycles. The van der Waals surface area contributed by atoms with Gasteiger partial charge in [-0.15, -0.1) is 0 Å². The monoisotopic (exact) mass is 346 g/mol. The quantitative estimate of drug-likeness (QED) is 0.851. The zero-order valence-electron chi connectivity index (χ0n) is 15.5. The van der Waals surface area contributed by atoms with E-state index in [0.717, 1.165) is 24.1 Å². The van der Waals surface area contributed by atoms with Gasteiger partial charge in [0, 0.05) is 43.9 Å². The third-order valence-electron chi connectivity index (χ3n) is 5.87. The van der Waals surface area contributed by atoms with Crippen LogP contribution in [0, 0.1) is 12.8 Å². The summed E-state index contributed by atoms with van der Waals surface area (Å²) in [4.78, 5) is 27.0. The van der Waals surface area contributed by atoms with Crippen LogP contribution in [0.15, 0.2) is 6.20 Å². The molecule has 1 N–H and O–H groups in total. The Balaban J connectivity index is 1.57. The molecule has 2 heterocycles. The molecule has 1 aliphatic carbocycles. The maximum atomic E-state index is 12.6. The maximum absolute atomic E-state index is 12.6. The van der Waals surface area contributed by atoms with E-state index in [2.05, 4.69) is 10.4 Å². The van der Waals surface area contributed by atoms with Crippen LogP contribution in [0.4, 0.5) is 0 Å². The molecule has 1 aliphatic heterocycles. The van der Waals surface area contributed by atoms with Crippen LogP contribution < -0.4 is 5.32 Å². The van der Waals surface area contributed by atoms with Gasteiger partial charge in [0.15, 0.2) is 0 Å². The van der Waals surface area contributed by atoms with E-state index in [-0.39, 0.29) is 17.7 Å². The number of nitrogens with zero attached hydrogens (tertiary/aromatic N) is 3.